The summed E-state index contributed by atoms with van der Waals surface area (Å²) in [6.07, 6.45) is 8.67. The van der Waals surface area contributed by atoms with E-state index in [0.29, 0.717) is 6.42 Å². The smallest absolute Gasteiger partial charge is 0.306 e. The highest BCUT2D eigenvalue weighted by Crippen LogP contribution is 2.09. The van der Waals surface area contributed by atoms with E-state index in [9.17, 15) is 4.79 Å². The van der Waals surface area contributed by atoms with Crippen molar-refractivity contribution in [2.75, 3.05) is 0 Å². The Labute approximate surface area is 94.4 Å². The van der Waals surface area contributed by atoms with Gasteiger partial charge in [-0.25, -0.2) is 0 Å². The first-order chi connectivity index (χ1) is 7.20. The molecule has 0 aromatic carbocycles. The van der Waals surface area contributed by atoms with E-state index >= 15 is 0 Å². The van der Waals surface area contributed by atoms with E-state index < -0.39 is 0 Å². The van der Waals surface area contributed by atoms with E-state index in [0.717, 1.165) is 19.3 Å². The number of hydrogen-bond acceptors (Lipinski definition) is 2. The summed E-state index contributed by atoms with van der Waals surface area (Å²) in [4.78, 5) is 11.3. The Morgan fingerprint density at radius 1 is 1.07 bits per heavy atom. The average molecular weight is 214 g/mol. The number of carbonyl (C=O) groups excluding carboxylic acids is 1. The fourth-order valence-electron chi connectivity index (χ4n) is 1.52. The largest absolute Gasteiger partial charge is 0.463 e. The van der Waals surface area contributed by atoms with Crippen LogP contribution in [-0.4, -0.2) is 12.1 Å². The topological polar surface area (TPSA) is 26.3 Å². The molecule has 0 spiro atoms. The van der Waals surface area contributed by atoms with Crippen molar-refractivity contribution in [2.24, 2.45) is 0 Å². The number of rotatable bonds is 9. The van der Waals surface area contributed by atoms with E-state index in [1.807, 2.05) is 6.92 Å². The van der Waals surface area contributed by atoms with E-state index in [1.54, 1.807) is 0 Å². The first kappa shape index (κ1) is 14.5. The Hall–Kier alpha value is -0.530. The fraction of sp³-hybridized carbons (Fsp3) is 0.923. The van der Waals surface area contributed by atoms with Gasteiger partial charge < -0.3 is 4.74 Å². The predicted octanol–water partition coefficient (Wildman–Crippen LogP) is 4.08. The maximum Gasteiger partial charge on any atom is 0.306 e. The maximum atomic E-state index is 11.3. The second-order valence-electron chi connectivity index (χ2n) is 4.25. The molecule has 0 saturated carbocycles. The highest BCUT2D eigenvalue weighted by molar-refractivity contribution is 5.69. The van der Waals surface area contributed by atoms with Crippen LogP contribution in [0.5, 0.6) is 0 Å². The van der Waals surface area contributed by atoms with Crippen LogP contribution in [0.25, 0.3) is 0 Å². The summed E-state index contributed by atoms with van der Waals surface area (Å²) < 4.78 is 5.29. The Morgan fingerprint density at radius 2 is 1.73 bits per heavy atom. The molecular formula is C13H26O2. The van der Waals surface area contributed by atoms with Gasteiger partial charge in [-0.05, 0) is 26.2 Å². The zero-order chi connectivity index (χ0) is 11.5. The van der Waals surface area contributed by atoms with Gasteiger partial charge in [0.1, 0.15) is 0 Å². The van der Waals surface area contributed by atoms with Crippen molar-refractivity contribution in [2.45, 2.75) is 78.2 Å². The lowest BCUT2D eigenvalue weighted by Gasteiger charge is -2.12. The van der Waals surface area contributed by atoms with Gasteiger partial charge in [-0.15, -0.1) is 0 Å². The molecule has 0 aliphatic rings. The van der Waals surface area contributed by atoms with Gasteiger partial charge in [0.25, 0.3) is 0 Å². The number of ether oxygens (including phenoxy) is 1. The lowest BCUT2D eigenvalue weighted by atomic mass is 10.1. The molecule has 0 heterocycles. The number of carbonyl (C=O) groups is 1. The van der Waals surface area contributed by atoms with Crippen LogP contribution in [-0.2, 0) is 9.53 Å². The molecule has 0 amide bonds. The van der Waals surface area contributed by atoms with Gasteiger partial charge in [0.2, 0.25) is 0 Å². The summed E-state index contributed by atoms with van der Waals surface area (Å²) in [6, 6.07) is 0. The molecule has 0 N–H and O–H groups in total. The second kappa shape index (κ2) is 10.0. The van der Waals surface area contributed by atoms with Crippen LogP contribution < -0.4 is 0 Å². The number of hydrogen-bond donors (Lipinski definition) is 0. The quantitative estimate of drug-likeness (QED) is 0.427. The highest BCUT2D eigenvalue weighted by Gasteiger charge is 2.08. The summed E-state index contributed by atoms with van der Waals surface area (Å²) >= 11 is 0. The van der Waals surface area contributed by atoms with Gasteiger partial charge in [-0.3, -0.25) is 4.79 Å². The molecule has 90 valence electrons. The maximum absolute atomic E-state index is 11.3. The molecule has 0 saturated heterocycles. The lowest BCUT2D eigenvalue weighted by Crippen LogP contribution is -2.14. The van der Waals surface area contributed by atoms with Crippen LogP contribution in [0.1, 0.15) is 72.1 Å². The third kappa shape index (κ3) is 9.77. The Bertz CT molecular complexity index is 155. The third-order valence-corrected chi connectivity index (χ3v) is 2.53. The van der Waals surface area contributed by atoms with Crippen molar-refractivity contribution in [3.8, 4) is 0 Å². The van der Waals surface area contributed by atoms with Crippen molar-refractivity contribution >= 4 is 5.97 Å². The van der Waals surface area contributed by atoms with Gasteiger partial charge in [-0.1, -0.05) is 39.5 Å². The van der Waals surface area contributed by atoms with E-state index in [4.69, 9.17) is 4.74 Å². The van der Waals surface area contributed by atoms with Gasteiger partial charge >= 0.3 is 5.97 Å². The van der Waals surface area contributed by atoms with Gasteiger partial charge in [0.15, 0.2) is 0 Å². The van der Waals surface area contributed by atoms with Crippen LogP contribution in [0.3, 0.4) is 0 Å². The van der Waals surface area contributed by atoms with Crippen LogP contribution in [0, 0.1) is 0 Å². The molecule has 0 aliphatic heterocycles. The Balaban J connectivity index is 3.38. The highest BCUT2D eigenvalue weighted by atomic mass is 16.5. The predicted molar refractivity (Wildman–Crippen MR) is 63.8 cm³/mol. The van der Waals surface area contributed by atoms with Crippen LogP contribution in [0.2, 0.25) is 0 Å². The SMILES string of the molecule is CCCCCCC(C)OC(=O)CCCC. The molecule has 2 heteroatoms. The summed E-state index contributed by atoms with van der Waals surface area (Å²) in [5, 5.41) is 0. The van der Waals surface area contributed by atoms with E-state index in [1.165, 1.54) is 25.7 Å². The average Bonchev–Trinajstić information content (AvgIpc) is 2.21. The normalized spacial score (nSPS) is 12.5. The molecule has 1 unspecified atom stereocenters. The number of esters is 1. The summed E-state index contributed by atoms with van der Waals surface area (Å²) in [5.41, 5.74) is 0. The molecule has 2 nitrogen and oxygen atoms in total. The standard InChI is InChI=1S/C13H26O2/c1-4-6-8-9-10-12(3)15-13(14)11-7-5-2/h12H,4-11H2,1-3H3. The minimum absolute atomic E-state index is 0.0279. The molecule has 1 atom stereocenters. The van der Waals surface area contributed by atoms with Gasteiger partial charge in [0, 0.05) is 6.42 Å². The molecule has 0 rings (SSSR count). The zero-order valence-electron chi connectivity index (χ0n) is 10.6. The number of unbranched alkanes of at least 4 members (excludes halogenated alkanes) is 4. The van der Waals surface area contributed by atoms with Crippen molar-refractivity contribution in [3.05, 3.63) is 0 Å². The molecule has 15 heavy (non-hydrogen) atoms. The molecule has 0 aliphatic carbocycles. The van der Waals surface area contributed by atoms with Gasteiger partial charge in [0.05, 0.1) is 6.10 Å². The Morgan fingerprint density at radius 3 is 2.33 bits per heavy atom. The molecular weight excluding hydrogens is 188 g/mol. The minimum atomic E-state index is -0.0279. The van der Waals surface area contributed by atoms with E-state index in [2.05, 4.69) is 13.8 Å². The van der Waals surface area contributed by atoms with E-state index in [-0.39, 0.29) is 12.1 Å². The minimum Gasteiger partial charge on any atom is -0.463 e. The van der Waals surface area contributed by atoms with Crippen LogP contribution in [0.4, 0.5) is 0 Å². The first-order valence-electron chi connectivity index (χ1n) is 6.40. The summed E-state index contributed by atoms with van der Waals surface area (Å²) in [5.74, 6) is -0.0279. The van der Waals surface area contributed by atoms with Crippen molar-refractivity contribution < 1.29 is 9.53 Å². The molecule has 0 bridgehead atoms. The van der Waals surface area contributed by atoms with Crippen molar-refractivity contribution in [1.29, 1.82) is 0 Å². The lowest BCUT2D eigenvalue weighted by molar-refractivity contribution is -0.148. The monoisotopic (exact) mass is 214 g/mol. The van der Waals surface area contributed by atoms with Gasteiger partial charge in [-0.2, -0.15) is 0 Å². The summed E-state index contributed by atoms with van der Waals surface area (Å²) in [7, 11) is 0. The molecule has 0 radical (unpaired) electrons. The van der Waals surface area contributed by atoms with Crippen molar-refractivity contribution in [3.63, 3.8) is 0 Å². The zero-order valence-corrected chi connectivity index (χ0v) is 10.6. The first-order valence-corrected chi connectivity index (χ1v) is 6.40. The molecule has 0 aromatic rings. The Kier molecular flexibility index (Phi) is 9.65. The summed E-state index contributed by atoms with van der Waals surface area (Å²) in [6.45, 7) is 6.28. The van der Waals surface area contributed by atoms with Crippen LogP contribution >= 0.6 is 0 Å². The van der Waals surface area contributed by atoms with Crippen molar-refractivity contribution in [1.82, 2.24) is 0 Å². The third-order valence-electron chi connectivity index (χ3n) is 2.53. The second-order valence-corrected chi connectivity index (χ2v) is 4.25. The molecule has 0 aromatic heterocycles. The van der Waals surface area contributed by atoms with Crippen LogP contribution in [0.15, 0.2) is 0 Å². The fourth-order valence-corrected chi connectivity index (χ4v) is 1.52. The molecule has 0 fully saturated rings.